The molecule has 0 unspecified atom stereocenters. The maximum Gasteiger partial charge on any atom is 0.232 e. The van der Waals surface area contributed by atoms with Gasteiger partial charge >= 0.3 is 0 Å². The Hall–Kier alpha value is -4.25. The van der Waals surface area contributed by atoms with Gasteiger partial charge in [-0.3, -0.25) is 9.59 Å². The first-order chi connectivity index (χ1) is 19.4. The summed E-state index contributed by atoms with van der Waals surface area (Å²) >= 11 is 0. The number of rotatable bonds is 4. The average molecular weight is 580 g/mol. The maximum absolute atomic E-state index is 13.9. The lowest BCUT2D eigenvalue weighted by atomic mass is 9.99. The van der Waals surface area contributed by atoms with Gasteiger partial charge in [0.25, 0.3) is 0 Å². The SMILES string of the molecule is CC(=O)N1CCN(c2ccc(-c3oc4ncnc(N5CCN(C(C)=O)CC5)c4c3-c3ccc(F)cc3)cn2)CC1.Cl. The Labute approximate surface area is 243 Å². The second kappa shape index (κ2) is 11.7. The molecule has 4 aromatic rings. The summed E-state index contributed by atoms with van der Waals surface area (Å²) in [6.07, 6.45) is 3.26. The van der Waals surface area contributed by atoms with Crippen molar-refractivity contribution < 1.29 is 18.4 Å². The van der Waals surface area contributed by atoms with Crippen LogP contribution in [0.15, 0.2) is 53.3 Å². The molecule has 12 heteroatoms. The molecule has 10 nitrogen and oxygen atoms in total. The monoisotopic (exact) mass is 579 g/mol. The van der Waals surface area contributed by atoms with Crippen molar-refractivity contribution in [3.8, 4) is 22.5 Å². The number of hydrogen-bond acceptors (Lipinski definition) is 8. The molecule has 1 aromatic carbocycles. The largest absolute Gasteiger partial charge is 0.437 e. The van der Waals surface area contributed by atoms with Crippen LogP contribution in [0, 0.1) is 5.82 Å². The molecule has 0 bridgehead atoms. The first-order valence-corrected chi connectivity index (χ1v) is 13.4. The molecule has 214 valence electrons. The van der Waals surface area contributed by atoms with Crippen LogP contribution in [-0.4, -0.2) is 88.9 Å². The lowest BCUT2D eigenvalue weighted by Crippen LogP contribution is -2.48. The Morgan fingerprint density at radius 2 is 1.34 bits per heavy atom. The Kier molecular flexibility index (Phi) is 8.07. The van der Waals surface area contributed by atoms with Gasteiger partial charge in [0.05, 0.1) is 5.39 Å². The van der Waals surface area contributed by atoms with Gasteiger partial charge in [0.15, 0.2) is 0 Å². The van der Waals surface area contributed by atoms with Crippen LogP contribution in [0.25, 0.3) is 33.6 Å². The highest BCUT2D eigenvalue weighted by atomic mass is 35.5. The molecule has 2 amide bonds. The van der Waals surface area contributed by atoms with Crippen molar-refractivity contribution in [2.24, 2.45) is 0 Å². The minimum Gasteiger partial charge on any atom is -0.437 e. The fourth-order valence-electron chi connectivity index (χ4n) is 5.44. The van der Waals surface area contributed by atoms with E-state index in [4.69, 9.17) is 9.40 Å². The van der Waals surface area contributed by atoms with Gasteiger partial charge in [0, 0.05) is 83.5 Å². The van der Waals surface area contributed by atoms with Crippen molar-refractivity contribution >= 4 is 47.0 Å². The number of fused-ring (bicyclic) bond motifs is 1. The highest BCUT2D eigenvalue weighted by molar-refractivity contribution is 6.06. The Balaban J connectivity index is 0.00000337. The lowest BCUT2D eigenvalue weighted by molar-refractivity contribution is -0.129. The summed E-state index contributed by atoms with van der Waals surface area (Å²) in [5.74, 6) is 1.94. The van der Waals surface area contributed by atoms with E-state index < -0.39 is 0 Å². The predicted octanol–water partition coefficient (Wildman–Crippen LogP) is 3.85. The van der Waals surface area contributed by atoms with E-state index in [1.165, 1.54) is 18.5 Å². The van der Waals surface area contributed by atoms with Crippen LogP contribution >= 0.6 is 12.4 Å². The quantitative estimate of drug-likeness (QED) is 0.360. The summed E-state index contributed by atoms with van der Waals surface area (Å²) in [6.45, 7) is 8.39. The summed E-state index contributed by atoms with van der Waals surface area (Å²) in [5, 5.41) is 0.741. The minimum absolute atomic E-state index is 0. The van der Waals surface area contributed by atoms with Gasteiger partial charge in [-0.25, -0.2) is 19.3 Å². The smallest absolute Gasteiger partial charge is 0.232 e. The van der Waals surface area contributed by atoms with Gasteiger partial charge in [0.2, 0.25) is 17.5 Å². The van der Waals surface area contributed by atoms with Crippen LogP contribution in [0.2, 0.25) is 0 Å². The molecule has 0 radical (unpaired) electrons. The summed E-state index contributed by atoms with van der Waals surface area (Å²) in [7, 11) is 0. The fourth-order valence-corrected chi connectivity index (χ4v) is 5.44. The summed E-state index contributed by atoms with van der Waals surface area (Å²) in [5.41, 5.74) is 2.73. The van der Waals surface area contributed by atoms with Crippen LogP contribution in [-0.2, 0) is 9.59 Å². The molecule has 0 spiro atoms. The molecular weight excluding hydrogens is 549 g/mol. The minimum atomic E-state index is -0.328. The van der Waals surface area contributed by atoms with Crippen molar-refractivity contribution in [2.45, 2.75) is 13.8 Å². The van der Waals surface area contributed by atoms with Crippen molar-refractivity contribution in [2.75, 3.05) is 62.2 Å². The van der Waals surface area contributed by atoms with Crippen LogP contribution in [0.5, 0.6) is 0 Å². The zero-order chi connectivity index (χ0) is 27.8. The highest BCUT2D eigenvalue weighted by Gasteiger charge is 2.27. The number of benzene rings is 1. The first-order valence-electron chi connectivity index (χ1n) is 13.4. The van der Waals surface area contributed by atoms with E-state index in [2.05, 4.69) is 19.8 Å². The molecule has 2 saturated heterocycles. The second-order valence-electron chi connectivity index (χ2n) is 10.1. The number of carbonyl (C=O) groups excluding carboxylic acids is 2. The molecule has 2 fully saturated rings. The molecule has 6 rings (SSSR count). The predicted molar refractivity (Wildman–Crippen MR) is 157 cm³/mol. The van der Waals surface area contributed by atoms with Crippen molar-refractivity contribution in [3.05, 3.63) is 54.7 Å². The van der Waals surface area contributed by atoms with Crippen LogP contribution in [0.3, 0.4) is 0 Å². The number of hydrogen-bond donors (Lipinski definition) is 0. The maximum atomic E-state index is 13.9. The molecule has 5 heterocycles. The van der Waals surface area contributed by atoms with Crippen LogP contribution < -0.4 is 9.80 Å². The molecule has 3 aromatic heterocycles. The highest BCUT2D eigenvalue weighted by Crippen LogP contribution is 2.43. The zero-order valence-electron chi connectivity index (χ0n) is 22.9. The molecule has 2 aliphatic heterocycles. The summed E-state index contributed by atoms with van der Waals surface area (Å²) in [6, 6.07) is 10.2. The fraction of sp³-hybridized carbons (Fsp3) is 0.345. The number of furan rings is 1. The number of anilines is 2. The summed E-state index contributed by atoms with van der Waals surface area (Å²) < 4.78 is 20.3. The van der Waals surface area contributed by atoms with Crippen LogP contribution in [0.4, 0.5) is 16.0 Å². The van der Waals surface area contributed by atoms with E-state index in [0.717, 1.165) is 33.7 Å². The molecular formula is C29H31ClFN7O3. The number of piperazine rings is 2. The average Bonchev–Trinajstić information content (AvgIpc) is 3.38. The Morgan fingerprint density at radius 1 is 0.756 bits per heavy atom. The zero-order valence-corrected chi connectivity index (χ0v) is 23.7. The van der Waals surface area contributed by atoms with Crippen LogP contribution in [0.1, 0.15) is 13.8 Å². The van der Waals surface area contributed by atoms with Gasteiger partial charge in [-0.05, 0) is 29.8 Å². The molecule has 0 N–H and O–H groups in total. The second-order valence-corrected chi connectivity index (χ2v) is 10.1. The van der Waals surface area contributed by atoms with E-state index in [1.807, 2.05) is 21.9 Å². The number of amides is 2. The third-order valence-electron chi connectivity index (χ3n) is 7.68. The van der Waals surface area contributed by atoms with E-state index >= 15 is 0 Å². The topological polar surface area (TPSA) is 98.9 Å². The van der Waals surface area contributed by atoms with Crippen molar-refractivity contribution in [3.63, 3.8) is 0 Å². The van der Waals surface area contributed by atoms with Gasteiger partial charge < -0.3 is 24.0 Å². The Bertz CT molecular complexity index is 1550. The molecule has 0 saturated carbocycles. The summed E-state index contributed by atoms with van der Waals surface area (Å²) in [4.78, 5) is 45.3. The third-order valence-corrected chi connectivity index (χ3v) is 7.68. The molecule has 41 heavy (non-hydrogen) atoms. The van der Waals surface area contributed by atoms with Crippen molar-refractivity contribution in [1.29, 1.82) is 0 Å². The molecule has 0 aliphatic carbocycles. The normalized spacial score (nSPS) is 15.7. The van der Waals surface area contributed by atoms with E-state index in [-0.39, 0.29) is 30.0 Å². The number of carbonyl (C=O) groups is 2. The number of halogens is 2. The Morgan fingerprint density at radius 3 is 1.90 bits per heavy atom. The van der Waals surface area contributed by atoms with E-state index in [0.29, 0.717) is 63.8 Å². The number of nitrogens with zero attached hydrogens (tertiary/aromatic N) is 7. The van der Waals surface area contributed by atoms with Gasteiger partial charge in [-0.2, -0.15) is 0 Å². The number of pyridine rings is 1. The van der Waals surface area contributed by atoms with E-state index in [1.54, 1.807) is 32.2 Å². The third kappa shape index (κ3) is 5.54. The first kappa shape index (κ1) is 28.3. The van der Waals surface area contributed by atoms with E-state index in [9.17, 15) is 14.0 Å². The van der Waals surface area contributed by atoms with Gasteiger partial charge in [-0.1, -0.05) is 12.1 Å². The van der Waals surface area contributed by atoms with Crippen molar-refractivity contribution in [1.82, 2.24) is 24.8 Å². The van der Waals surface area contributed by atoms with Gasteiger partial charge in [-0.15, -0.1) is 12.4 Å². The molecule has 0 atom stereocenters. The lowest BCUT2D eigenvalue weighted by Gasteiger charge is -2.35. The molecule has 2 aliphatic rings. The standard InChI is InChI=1S/C29H30FN7O3.ClH/c1-19(38)34-9-13-36(14-10-34)24-8-5-22(17-31-24)27-25(21-3-6-23(30)7-4-21)26-28(32-18-33-29(26)40-27)37-15-11-35(12-16-37)20(2)39;/h3-8,17-18H,9-16H2,1-2H3;1H. The number of aromatic nitrogens is 3. The van der Waals surface area contributed by atoms with Gasteiger partial charge in [0.1, 0.15) is 29.5 Å².